The smallest absolute Gasteiger partial charge is 0.339 e. The molecule has 1 aliphatic rings. The fourth-order valence-corrected chi connectivity index (χ4v) is 2.45. The van der Waals surface area contributed by atoms with E-state index >= 15 is 0 Å². The second-order valence-electron chi connectivity index (χ2n) is 3.94. The maximum Gasteiger partial charge on any atom is 0.339 e. The minimum atomic E-state index is -0.964. The van der Waals surface area contributed by atoms with Crippen LogP contribution in [-0.4, -0.2) is 17.7 Å². The molecule has 4 heteroatoms. The van der Waals surface area contributed by atoms with Gasteiger partial charge in [0.1, 0.15) is 0 Å². The number of esters is 1. The Labute approximate surface area is 106 Å². The van der Waals surface area contributed by atoms with E-state index in [-0.39, 0.29) is 5.97 Å². The first-order valence-electron chi connectivity index (χ1n) is 5.59. The Morgan fingerprint density at radius 3 is 3.06 bits per heavy atom. The van der Waals surface area contributed by atoms with Gasteiger partial charge in [0.2, 0.25) is 0 Å². The minimum absolute atomic E-state index is 0.331. The van der Waals surface area contributed by atoms with Crippen LogP contribution in [0.15, 0.2) is 29.3 Å². The second kappa shape index (κ2) is 4.78. The third kappa shape index (κ3) is 1.90. The lowest BCUT2D eigenvalue weighted by Crippen LogP contribution is -2.33. The summed E-state index contributed by atoms with van der Waals surface area (Å²) in [6.07, 6.45) is 1.42. The van der Waals surface area contributed by atoms with Gasteiger partial charge in [-0.05, 0) is 43.1 Å². The molecule has 2 rings (SSSR count). The number of aliphatic imine (C=N–C) groups is 1. The van der Waals surface area contributed by atoms with Crippen LogP contribution in [0.5, 0.6) is 0 Å². The van der Waals surface area contributed by atoms with Gasteiger partial charge in [-0.15, -0.1) is 0 Å². The van der Waals surface area contributed by atoms with Gasteiger partial charge in [-0.1, -0.05) is 24.3 Å². The highest BCUT2D eigenvalue weighted by Crippen LogP contribution is 2.40. The summed E-state index contributed by atoms with van der Waals surface area (Å²) in [7, 11) is 0. The number of rotatable bonds is 3. The van der Waals surface area contributed by atoms with Crippen LogP contribution in [-0.2, 0) is 21.5 Å². The summed E-state index contributed by atoms with van der Waals surface area (Å²) in [6, 6.07) is 7.78. The van der Waals surface area contributed by atoms with E-state index in [4.69, 9.17) is 4.74 Å². The van der Waals surface area contributed by atoms with E-state index < -0.39 is 5.54 Å². The average molecular weight is 247 g/mol. The molecule has 0 radical (unpaired) electrons. The molecule has 3 nitrogen and oxygen atoms in total. The van der Waals surface area contributed by atoms with E-state index in [0.29, 0.717) is 13.0 Å². The molecule has 0 saturated carbocycles. The first-order chi connectivity index (χ1) is 8.24. The monoisotopic (exact) mass is 247 g/mol. The van der Waals surface area contributed by atoms with Crippen LogP contribution in [0.3, 0.4) is 0 Å². The van der Waals surface area contributed by atoms with Gasteiger partial charge < -0.3 is 4.74 Å². The number of fused-ring (bicyclic) bond motifs is 1. The van der Waals surface area contributed by atoms with Crippen molar-refractivity contribution < 1.29 is 9.53 Å². The summed E-state index contributed by atoms with van der Waals surface area (Å²) in [4.78, 5) is 16.2. The Hall–Kier alpha value is -1.51. The highest BCUT2D eigenvalue weighted by Gasteiger charge is 2.46. The molecular weight excluding hydrogens is 234 g/mol. The summed E-state index contributed by atoms with van der Waals surface area (Å²) in [5.41, 5.74) is 1.07. The van der Waals surface area contributed by atoms with Crippen molar-refractivity contribution in [1.82, 2.24) is 0 Å². The molecule has 0 heterocycles. The van der Waals surface area contributed by atoms with Crippen molar-refractivity contribution in [3.63, 3.8) is 0 Å². The number of hydrogen-bond acceptors (Lipinski definition) is 4. The summed E-state index contributed by atoms with van der Waals surface area (Å²) >= 11 is 4.67. The molecule has 0 N–H and O–H groups in total. The third-order valence-electron chi connectivity index (χ3n) is 3.07. The second-order valence-corrected chi connectivity index (χ2v) is 4.12. The molecule has 0 bridgehead atoms. The lowest BCUT2D eigenvalue weighted by atomic mass is 9.93. The number of hydrogen-bond donors (Lipinski definition) is 0. The molecule has 88 valence electrons. The number of ether oxygens (including phenoxy) is 1. The fourth-order valence-electron chi connectivity index (χ4n) is 2.29. The molecule has 0 unspecified atom stereocenters. The Morgan fingerprint density at radius 2 is 2.35 bits per heavy atom. The van der Waals surface area contributed by atoms with Crippen LogP contribution < -0.4 is 0 Å². The van der Waals surface area contributed by atoms with E-state index in [1.165, 1.54) is 0 Å². The molecule has 17 heavy (non-hydrogen) atoms. The van der Waals surface area contributed by atoms with E-state index in [0.717, 1.165) is 17.5 Å². The molecule has 0 fully saturated rings. The first-order valence-corrected chi connectivity index (χ1v) is 6.00. The summed E-state index contributed by atoms with van der Waals surface area (Å²) in [5.74, 6) is -0.331. The minimum Gasteiger partial charge on any atom is -0.464 e. The van der Waals surface area contributed by atoms with Gasteiger partial charge in [0, 0.05) is 0 Å². The zero-order valence-electron chi connectivity index (χ0n) is 9.60. The van der Waals surface area contributed by atoms with Crippen molar-refractivity contribution in [2.45, 2.75) is 25.3 Å². The number of thiocarbonyl (C=S) groups is 1. The van der Waals surface area contributed by atoms with Gasteiger partial charge in [0.15, 0.2) is 5.54 Å². The molecule has 0 saturated heterocycles. The van der Waals surface area contributed by atoms with Crippen molar-refractivity contribution >= 4 is 23.3 Å². The number of nitrogens with zero attached hydrogens (tertiary/aromatic N) is 1. The molecule has 1 aromatic rings. The lowest BCUT2D eigenvalue weighted by molar-refractivity contribution is -0.149. The van der Waals surface area contributed by atoms with Crippen molar-refractivity contribution in [2.75, 3.05) is 6.61 Å². The molecule has 0 aliphatic heterocycles. The number of aryl methyl sites for hydroxylation is 1. The van der Waals surface area contributed by atoms with Crippen molar-refractivity contribution in [1.29, 1.82) is 0 Å². The van der Waals surface area contributed by atoms with Crippen LogP contribution >= 0.6 is 12.2 Å². The van der Waals surface area contributed by atoms with Crippen LogP contribution in [0, 0.1) is 0 Å². The van der Waals surface area contributed by atoms with Gasteiger partial charge in [0.05, 0.1) is 11.8 Å². The van der Waals surface area contributed by atoms with Gasteiger partial charge in [-0.25, -0.2) is 9.79 Å². The van der Waals surface area contributed by atoms with Gasteiger partial charge in [0.25, 0.3) is 0 Å². The Morgan fingerprint density at radius 1 is 1.59 bits per heavy atom. The summed E-state index contributed by atoms with van der Waals surface area (Å²) in [6.45, 7) is 2.13. The molecule has 1 aromatic carbocycles. The van der Waals surface area contributed by atoms with Gasteiger partial charge in [-0.3, -0.25) is 0 Å². The SMILES string of the molecule is CCOC(=O)[C@]1(N=C=S)CCc2ccccc21. The van der Waals surface area contributed by atoms with E-state index in [1.54, 1.807) is 6.92 Å². The standard InChI is InChI=1S/C13H13NO2S/c1-2-16-12(15)13(14-9-17)8-7-10-5-3-4-6-11(10)13/h3-6H,2,7-8H2,1H3/t13-/m0/s1. The zero-order valence-corrected chi connectivity index (χ0v) is 10.4. The quantitative estimate of drug-likeness (QED) is 0.468. The van der Waals surface area contributed by atoms with Gasteiger partial charge in [-0.2, -0.15) is 0 Å². The topological polar surface area (TPSA) is 38.7 Å². The lowest BCUT2D eigenvalue weighted by Gasteiger charge is -2.21. The van der Waals surface area contributed by atoms with Crippen LogP contribution in [0.25, 0.3) is 0 Å². The third-order valence-corrected chi connectivity index (χ3v) is 3.16. The molecule has 0 aromatic heterocycles. The highest BCUT2D eigenvalue weighted by molar-refractivity contribution is 7.78. The van der Waals surface area contributed by atoms with E-state index in [1.807, 2.05) is 24.3 Å². The Bertz CT molecular complexity index is 494. The van der Waals surface area contributed by atoms with Crippen LogP contribution in [0.1, 0.15) is 24.5 Å². The Kier molecular flexibility index (Phi) is 3.36. The maximum atomic E-state index is 12.1. The number of isothiocyanates is 1. The molecule has 0 amide bonds. The Balaban J connectivity index is 2.51. The first kappa shape index (κ1) is 12.0. The molecular formula is C13H13NO2S. The molecule has 0 spiro atoms. The normalized spacial score (nSPS) is 21.5. The van der Waals surface area contributed by atoms with Crippen molar-refractivity contribution in [3.8, 4) is 0 Å². The molecule has 1 atom stereocenters. The van der Waals surface area contributed by atoms with E-state index in [2.05, 4.69) is 22.4 Å². The van der Waals surface area contributed by atoms with Crippen molar-refractivity contribution in [3.05, 3.63) is 35.4 Å². The van der Waals surface area contributed by atoms with E-state index in [9.17, 15) is 4.79 Å². The highest BCUT2D eigenvalue weighted by atomic mass is 32.1. The van der Waals surface area contributed by atoms with Crippen LogP contribution in [0.4, 0.5) is 0 Å². The largest absolute Gasteiger partial charge is 0.464 e. The average Bonchev–Trinajstić information content (AvgIpc) is 2.71. The molecule has 1 aliphatic carbocycles. The number of benzene rings is 1. The van der Waals surface area contributed by atoms with Gasteiger partial charge >= 0.3 is 5.97 Å². The maximum absolute atomic E-state index is 12.1. The fraction of sp³-hybridized carbons (Fsp3) is 0.385. The predicted molar refractivity (Wildman–Crippen MR) is 68.1 cm³/mol. The summed E-state index contributed by atoms with van der Waals surface area (Å²) in [5, 5.41) is 2.34. The zero-order chi connectivity index (χ0) is 12.3. The number of carbonyl (C=O) groups is 1. The van der Waals surface area contributed by atoms with Crippen molar-refractivity contribution in [2.24, 2.45) is 4.99 Å². The predicted octanol–water partition coefficient (Wildman–Crippen LogP) is 2.49. The van der Waals surface area contributed by atoms with Crippen LogP contribution in [0.2, 0.25) is 0 Å². The summed E-state index contributed by atoms with van der Waals surface area (Å²) < 4.78 is 5.12. The number of carbonyl (C=O) groups excluding carboxylic acids is 1.